The molecule has 0 amide bonds. The van der Waals surface area contributed by atoms with Crippen LogP contribution in [-0.4, -0.2) is 16.3 Å². The lowest BCUT2D eigenvalue weighted by atomic mass is 10.1. The van der Waals surface area contributed by atoms with Crippen LogP contribution < -0.4 is 10.7 Å². The summed E-state index contributed by atoms with van der Waals surface area (Å²) in [6.07, 6.45) is 3.34. The topological polar surface area (TPSA) is 49.3 Å². The predicted molar refractivity (Wildman–Crippen MR) is 87.1 cm³/mol. The number of pyridine rings is 1. The molecule has 2 N–H and O–H groups in total. The molecule has 0 saturated heterocycles. The van der Waals surface area contributed by atoms with Gasteiger partial charge in [0.05, 0.1) is 11.9 Å². The Morgan fingerprint density at radius 3 is 2.80 bits per heavy atom. The predicted octanol–water partition coefficient (Wildman–Crippen LogP) is 3.02. The number of aromatic nitrogens is 1. The Bertz CT molecular complexity index is 623. The highest BCUT2D eigenvalue weighted by Gasteiger charge is 2.00. The van der Waals surface area contributed by atoms with Gasteiger partial charge >= 0.3 is 0 Å². The van der Waals surface area contributed by atoms with E-state index >= 15 is 0 Å². The van der Waals surface area contributed by atoms with E-state index in [2.05, 4.69) is 33.8 Å². The fourth-order valence-corrected chi connectivity index (χ4v) is 1.88. The Balaban J connectivity index is 1.91. The van der Waals surface area contributed by atoms with Crippen molar-refractivity contribution in [1.29, 1.82) is 0 Å². The third-order valence-corrected chi connectivity index (χ3v) is 2.87. The van der Waals surface area contributed by atoms with Crippen LogP contribution in [0.3, 0.4) is 0 Å². The van der Waals surface area contributed by atoms with Crippen molar-refractivity contribution >= 4 is 29.2 Å². The second kappa shape index (κ2) is 6.77. The molecule has 0 aliphatic heterocycles. The molecule has 20 heavy (non-hydrogen) atoms. The van der Waals surface area contributed by atoms with Gasteiger partial charge in [-0.1, -0.05) is 23.8 Å². The molecule has 2 rings (SSSR count). The van der Waals surface area contributed by atoms with E-state index in [4.69, 9.17) is 12.2 Å². The molecule has 1 aromatic carbocycles. The number of hydrogen-bond donors (Lipinski definition) is 2. The van der Waals surface area contributed by atoms with Crippen molar-refractivity contribution in [2.24, 2.45) is 5.10 Å². The quantitative estimate of drug-likeness (QED) is 0.517. The van der Waals surface area contributed by atoms with Crippen molar-refractivity contribution in [2.75, 3.05) is 5.32 Å². The Hall–Kier alpha value is -2.27. The van der Waals surface area contributed by atoms with Gasteiger partial charge in [-0.25, -0.2) is 0 Å². The second-order valence-electron chi connectivity index (χ2n) is 4.40. The van der Waals surface area contributed by atoms with Crippen LogP contribution in [0.4, 0.5) is 5.69 Å². The first-order valence-corrected chi connectivity index (χ1v) is 6.64. The van der Waals surface area contributed by atoms with E-state index < -0.39 is 0 Å². The summed E-state index contributed by atoms with van der Waals surface area (Å²) in [5.41, 5.74) is 6.88. The molecule has 1 aromatic heterocycles. The molecule has 0 fully saturated rings. The number of hydrogen-bond acceptors (Lipinski definition) is 3. The van der Waals surface area contributed by atoms with Gasteiger partial charge in [-0.3, -0.25) is 10.4 Å². The second-order valence-corrected chi connectivity index (χ2v) is 4.81. The minimum atomic E-state index is 0.448. The van der Waals surface area contributed by atoms with Crippen LogP contribution in [0, 0.1) is 13.8 Å². The zero-order valence-electron chi connectivity index (χ0n) is 11.4. The number of thiocarbonyl (C=S) groups is 1. The maximum Gasteiger partial charge on any atom is 0.191 e. The normalized spacial score (nSPS) is 10.5. The monoisotopic (exact) mass is 284 g/mol. The van der Waals surface area contributed by atoms with Gasteiger partial charge in [0.1, 0.15) is 0 Å². The van der Waals surface area contributed by atoms with Crippen molar-refractivity contribution in [2.45, 2.75) is 13.8 Å². The van der Waals surface area contributed by atoms with E-state index in [1.807, 2.05) is 37.3 Å². The highest BCUT2D eigenvalue weighted by Crippen LogP contribution is 2.15. The van der Waals surface area contributed by atoms with Gasteiger partial charge < -0.3 is 5.32 Å². The van der Waals surface area contributed by atoms with Gasteiger partial charge in [-0.2, -0.15) is 5.10 Å². The van der Waals surface area contributed by atoms with E-state index in [1.54, 1.807) is 12.4 Å². The van der Waals surface area contributed by atoms with Crippen LogP contribution in [-0.2, 0) is 0 Å². The van der Waals surface area contributed by atoms with Crippen LogP contribution in [0.2, 0.25) is 0 Å². The van der Waals surface area contributed by atoms with Crippen molar-refractivity contribution in [3.8, 4) is 0 Å². The maximum atomic E-state index is 5.19. The number of benzene rings is 1. The molecule has 2 aromatic rings. The van der Waals surface area contributed by atoms with Crippen molar-refractivity contribution in [3.05, 3.63) is 59.4 Å². The fourth-order valence-electron chi connectivity index (χ4n) is 1.71. The summed E-state index contributed by atoms with van der Waals surface area (Å²) in [7, 11) is 0. The van der Waals surface area contributed by atoms with Crippen molar-refractivity contribution < 1.29 is 0 Å². The van der Waals surface area contributed by atoms with Gasteiger partial charge in [0.15, 0.2) is 5.11 Å². The highest BCUT2D eigenvalue weighted by molar-refractivity contribution is 7.80. The third kappa shape index (κ3) is 4.13. The average Bonchev–Trinajstić information content (AvgIpc) is 2.43. The lowest BCUT2D eigenvalue weighted by Gasteiger charge is -2.10. The standard InChI is InChI=1S/C15H16N4S/c1-11-6-7-14(12(2)9-11)18-15(20)19-17-10-13-5-3-4-8-16-13/h3-10H,1-2H3,(H2,18,19,20). The van der Waals surface area contributed by atoms with Gasteiger partial charge in [-0.05, 0) is 49.8 Å². The lowest BCUT2D eigenvalue weighted by molar-refractivity contribution is 1.05. The van der Waals surface area contributed by atoms with Crippen molar-refractivity contribution in [1.82, 2.24) is 10.4 Å². The Labute approximate surface area is 123 Å². The molecular formula is C15H16N4S. The molecule has 4 nitrogen and oxygen atoms in total. The Morgan fingerprint density at radius 1 is 1.25 bits per heavy atom. The number of aryl methyl sites for hydroxylation is 2. The molecular weight excluding hydrogens is 268 g/mol. The van der Waals surface area contributed by atoms with E-state index in [0.29, 0.717) is 5.11 Å². The number of hydrazone groups is 1. The fraction of sp³-hybridized carbons (Fsp3) is 0.133. The molecule has 0 aliphatic carbocycles. The molecule has 0 spiro atoms. The first kappa shape index (κ1) is 14.1. The number of anilines is 1. The molecule has 102 valence electrons. The SMILES string of the molecule is Cc1ccc(NC(=S)NN=Cc2ccccn2)c(C)c1. The Morgan fingerprint density at radius 2 is 2.10 bits per heavy atom. The van der Waals surface area contributed by atoms with Gasteiger partial charge in [0.25, 0.3) is 0 Å². The molecule has 0 bridgehead atoms. The summed E-state index contributed by atoms with van der Waals surface area (Å²) in [5.74, 6) is 0. The first-order chi connectivity index (χ1) is 9.65. The molecule has 0 atom stereocenters. The van der Waals surface area contributed by atoms with E-state index in [9.17, 15) is 0 Å². The molecule has 0 unspecified atom stereocenters. The molecule has 5 heteroatoms. The van der Waals surface area contributed by atoms with E-state index in [-0.39, 0.29) is 0 Å². The van der Waals surface area contributed by atoms with Crippen LogP contribution in [0.1, 0.15) is 16.8 Å². The molecule has 0 saturated carbocycles. The zero-order chi connectivity index (χ0) is 14.4. The summed E-state index contributed by atoms with van der Waals surface area (Å²) in [5, 5.41) is 7.60. The average molecular weight is 284 g/mol. The summed E-state index contributed by atoms with van der Waals surface area (Å²) in [4.78, 5) is 4.13. The summed E-state index contributed by atoms with van der Waals surface area (Å²) >= 11 is 5.19. The lowest BCUT2D eigenvalue weighted by Crippen LogP contribution is -2.24. The highest BCUT2D eigenvalue weighted by atomic mass is 32.1. The largest absolute Gasteiger partial charge is 0.331 e. The minimum absolute atomic E-state index is 0.448. The summed E-state index contributed by atoms with van der Waals surface area (Å²) in [6, 6.07) is 11.8. The smallest absolute Gasteiger partial charge is 0.191 e. The molecule has 0 radical (unpaired) electrons. The summed E-state index contributed by atoms with van der Waals surface area (Å²) in [6.45, 7) is 4.10. The van der Waals surface area contributed by atoms with Crippen molar-refractivity contribution in [3.63, 3.8) is 0 Å². The Kier molecular flexibility index (Phi) is 4.79. The number of nitrogens with zero attached hydrogens (tertiary/aromatic N) is 2. The van der Waals surface area contributed by atoms with Gasteiger partial charge in [0, 0.05) is 11.9 Å². The maximum absolute atomic E-state index is 5.19. The van der Waals surface area contributed by atoms with E-state index in [1.165, 1.54) is 5.56 Å². The minimum Gasteiger partial charge on any atom is -0.331 e. The van der Waals surface area contributed by atoms with Crippen LogP contribution in [0.5, 0.6) is 0 Å². The molecule has 0 aliphatic rings. The first-order valence-electron chi connectivity index (χ1n) is 6.23. The van der Waals surface area contributed by atoms with Crippen LogP contribution in [0.15, 0.2) is 47.7 Å². The molecule has 1 heterocycles. The van der Waals surface area contributed by atoms with Crippen LogP contribution >= 0.6 is 12.2 Å². The third-order valence-electron chi connectivity index (χ3n) is 2.68. The van der Waals surface area contributed by atoms with Gasteiger partial charge in [0.2, 0.25) is 0 Å². The zero-order valence-corrected chi connectivity index (χ0v) is 12.2. The van der Waals surface area contributed by atoms with E-state index in [0.717, 1.165) is 16.9 Å². The van der Waals surface area contributed by atoms with Crippen LogP contribution in [0.25, 0.3) is 0 Å². The summed E-state index contributed by atoms with van der Waals surface area (Å²) < 4.78 is 0. The number of nitrogens with one attached hydrogen (secondary N) is 2. The number of rotatable bonds is 3. The van der Waals surface area contributed by atoms with Gasteiger partial charge in [-0.15, -0.1) is 0 Å².